The molecular weight excluding hydrogens is 278 g/mol. The molecule has 0 bridgehead atoms. The van der Waals surface area contributed by atoms with Crippen LogP contribution in [0, 0.1) is 0 Å². The molecule has 1 saturated heterocycles. The van der Waals surface area contributed by atoms with Gasteiger partial charge in [0, 0.05) is 37.6 Å². The van der Waals surface area contributed by atoms with Crippen molar-refractivity contribution in [2.45, 2.75) is 58.2 Å². The van der Waals surface area contributed by atoms with Gasteiger partial charge in [0.15, 0.2) is 0 Å². The van der Waals surface area contributed by atoms with Gasteiger partial charge >= 0.3 is 6.09 Å². The Morgan fingerprint density at radius 1 is 1.45 bits per heavy atom. The average molecular weight is 305 g/mol. The second-order valence-electron chi connectivity index (χ2n) is 6.88. The predicted octanol–water partition coefficient (Wildman–Crippen LogP) is 3.13. The van der Waals surface area contributed by atoms with Crippen molar-refractivity contribution in [3.8, 4) is 0 Å². The summed E-state index contributed by atoms with van der Waals surface area (Å²) in [6, 6.07) is 4.47. The van der Waals surface area contributed by atoms with Crippen LogP contribution >= 0.6 is 0 Å². The van der Waals surface area contributed by atoms with E-state index < -0.39 is 5.60 Å². The van der Waals surface area contributed by atoms with E-state index in [2.05, 4.69) is 17.2 Å². The van der Waals surface area contributed by atoms with Crippen molar-refractivity contribution in [2.24, 2.45) is 0 Å². The first kappa shape index (κ1) is 16.7. The highest BCUT2D eigenvalue weighted by molar-refractivity contribution is 5.69. The van der Waals surface area contributed by atoms with Gasteiger partial charge in [0.05, 0.1) is 0 Å². The first-order valence-electron chi connectivity index (χ1n) is 8.00. The smallest absolute Gasteiger partial charge is 0.410 e. The summed E-state index contributed by atoms with van der Waals surface area (Å²) in [4.78, 5) is 18.1. The number of hydrogen-bond acceptors (Lipinski definition) is 4. The molecule has 0 spiro atoms. The molecule has 0 aliphatic carbocycles. The molecule has 22 heavy (non-hydrogen) atoms. The van der Waals surface area contributed by atoms with Crippen molar-refractivity contribution < 1.29 is 9.53 Å². The third kappa shape index (κ3) is 4.70. The Hall–Kier alpha value is -1.62. The lowest BCUT2D eigenvalue weighted by Gasteiger charge is -2.29. The third-order valence-corrected chi connectivity index (χ3v) is 3.87. The van der Waals surface area contributed by atoms with Crippen LogP contribution in [0.2, 0.25) is 0 Å². The van der Waals surface area contributed by atoms with Crippen LogP contribution in [0.3, 0.4) is 0 Å². The zero-order chi connectivity index (χ0) is 16.2. The maximum absolute atomic E-state index is 12.3. The molecule has 2 heterocycles. The van der Waals surface area contributed by atoms with Gasteiger partial charge in [-0.05, 0) is 58.2 Å². The fourth-order valence-electron chi connectivity index (χ4n) is 2.69. The molecule has 1 aromatic heterocycles. The zero-order valence-corrected chi connectivity index (χ0v) is 14.0. The second kappa shape index (κ2) is 7.09. The van der Waals surface area contributed by atoms with Crippen molar-refractivity contribution in [3.63, 3.8) is 0 Å². The van der Waals surface area contributed by atoms with Gasteiger partial charge in [-0.2, -0.15) is 0 Å². The number of nitrogens with one attached hydrogen (secondary N) is 1. The van der Waals surface area contributed by atoms with Crippen molar-refractivity contribution in [2.75, 3.05) is 13.1 Å². The number of rotatable bonds is 4. The maximum Gasteiger partial charge on any atom is 0.410 e. The van der Waals surface area contributed by atoms with Gasteiger partial charge < -0.3 is 15.0 Å². The Morgan fingerprint density at radius 3 is 2.77 bits per heavy atom. The predicted molar refractivity (Wildman–Crippen MR) is 86.6 cm³/mol. The number of ether oxygens (including phenoxy) is 1. The average Bonchev–Trinajstić information content (AvgIpc) is 2.92. The molecule has 1 amide bonds. The summed E-state index contributed by atoms with van der Waals surface area (Å²) in [7, 11) is 0. The molecule has 2 atom stereocenters. The summed E-state index contributed by atoms with van der Waals surface area (Å²) < 4.78 is 5.49. The number of pyridine rings is 1. The molecule has 1 fully saturated rings. The Bertz CT molecular complexity index is 484. The lowest BCUT2D eigenvalue weighted by Crippen LogP contribution is -2.44. The van der Waals surface area contributed by atoms with Crippen molar-refractivity contribution >= 4 is 6.09 Å². The molecule has 0 aromatic carbocycles. The second-order valence-corrected chi connectivity index (χ2v) is 6.88. The topological polar surface area (TPSA) is 54.5 Å². The normalized spacial score (nSPS) is 20.0. The minimum Gasteiger partial charge on any atom is -0.444 e. The summed E-state index contributed by atoms with van der Waals surface area (Å²) in [5, 5.41) is 3.51. The zero-order valence-electron chi connectivity index (χ0n) is 14.0. The minimum absolute atomic E-state index is 0.201. The number of likely N-dealkylation sites (tertiary alicyclic amines) is 1. The highest BCUT2D eigenvalue weighted by atomic mass is 16.6. The van der Waals surface area contributed by atoms with Gasteiger partial charge in [0.1, 0.15) is 5.60 Å². The van der Waals surface area contributed by atoms with Crippen molar-refractivity contribution in [3.05, 3.63) is 30.1 Å². The van der Waals surface area contributed by atoms with Crippen LogP contribution < -0.4 is 5.32 Å². The molecule has 122 valence electrons. The van der Waals surface area contributed by atoms with E-state index >= 15 is 0 Å². The van der Waals surface area contributed by atoms with E-state index in [1.54, 1.807) is 12.4 Å². The Balaban J connectivity index is 1.87. The van der Waals surface area contributed by atoms with E-state index in [9.17, 15) is 4.79 Å². The number of carbonyl (C=O) groups excluding carboxylic acids is 1. The Morgan fingerprint density at radius 2 is 2.14 bits per heavy atom. The molecule has 5 nitrogen and oxygen atoms in total. The summed E-state index contributed by atoms with van der Waals surface area (Å²) in [5.74, 6) is 0. The summed E-state index contributed by atoms with van der Waals surface area (Å²) in [5.41, 5.74) is 0.763. The summed E-state index contributed by atoms with van der Waals surface area (Å²) in [6.45, 7) is 9.40. The van der Waals surface area contributed by atoms with Crippen LogP contribution in [0.15, 0.2) is 24.5 Å². The molecule has 1 aliphatic rings. The molecule has 2 unspecified atom stereocenters. The SMILES string of the molecule is CC(NCC1CCCN1C(=O)OC(C)(C)C)c1ccncc1. The molecule has 2 rings (SSSR count). The monoisotopic (exact) mass is 305 g/mol. The highest BCUT2D eigenvalue weighted by Crippen LogP contribution is 2.21. The molecule has 1 N–H and O–H groups in total. The van der Waals surface area contributed by atoms with Crippen LogP contribution in [0.4, 0.5) is 4.79 Å². The third-order valence-electron chi connectivity index (χ3n) is 3.87. The van der Waals surface area contributed by atoms with Crippen molar-refractivity contribution in [1.82, 2.24) is 15.2 Å². The number of hydrogen-bond donors (Lipinski definition) is 1. The molecule has 1 aromatic rings. The van der Waals surface area contributed by atoms with E-state index in [1.165, 1.54) is 5.56 Å². The van der Waals surface area contributed by atoms with Crippen molar-refractivity contribution in [1.29, 1.82) is 0 Å². The quantitative estimate of drug-likeness (QED) is 0.928. The summed E-state index contributed by atoms with van der Waals surface area (Å²) >= 11 is 0. The van der Waals surface area contributed by atoms with Gasteiger partial charge in [0.25, 0.3) is 0 Å². The lowest BCUT2D eigenvalue weighted by molar-refractivity contribution is 0.0225. The fraction of sp³-hybridized carbons (Fsp3) is 0.647. The number of carbonyl (C=O) groups is 1. The number of nitrogens with zero attached hydrogens (tertiary/aromatic N) is 2. The van der Waals surface area contributed by atoms with Gasteiger partial charge in [-0.15, -0.1) is 0 Å². The van der Waals surface area contributed by atoms with Gasteiger partial charge in [-0.25, -0.2) is 4.79 Å². The van der Waals surface area contributed by atoms with E-state index in [-0.39, 0.29) is 18.2 Å². The van der Waals surface area contributed by atoms with E-state index in [1.807, 2.05) is 37.8 Å². The molecule has 5 heteroatoms. The summed E-state index contributed by atoms with van der Waals surface area (Å²) in [6.07, 6.45) is 5.46. The van der Waals surface area contributed by atoms with Crippen LogP contribution in [0.1, 0.15) is 52.1 Å². The molecular formula is C17H27N3O2. The van der Waals surface area contributed by atoms with Crippen LogP contribution in [0.5, 0.6) is 0 Å². The lowest BCUT2D eigenvalue weighted by atomic mass is 10.1. The first-order valence-corrected chi connectivity index (χ1v) is 8.00. The fourth-order valence-corrected chi connectivity index (χ4v) is 2.69. The minimum atomic E-state index is -0.442. The molecule has 1 aliphatic heterocycles. The highest BCUT2D eigenvalue weighted by Gasteiger charge is 2.32. The Kier molecular flexibility index (Phi) is 5.40. The van der Waals surface area contributed by atoms with E-state index in [4.69, 9.17) is 4.74 Å². The first-order chi connectivity index (χ1) is 10.4. The Labute approximate surface area is 133 Å². The standard InChI is InChI=1S/C17H27N3O2/c1-13(14-7-9-18-10-8-14)19-12-15-6-5-11-20(15)16(21)22-17(2,3)4/h7-10,13,15,19H,5-6,11-12H2,1-4H3. The van der Waals surface area contributed by atoms with Gasteiger partial charge in [-0.3, -0.25) is 4.98 Å². The van der Waals surface area contributed by atoms with Crippen LogP contribution in [0.25, 0.3) is 0 Å². The molecule has 0 radical (unpaired) electrons. The largest absolute Gasteiger partial charge is 0.444 e. The molecule has 0 saturated carbocycles. The van der Waals surface area contributed by atoms with Crippen LogP contribution in [-0.2, 0) is 4.74 Å². The number of aromatic nitrogens is 1. The van der Waals surface area contributed by atoms with E-state index in [0.29, 0.717) is 0 Å². The van der Waals surface area contributed by atoms with E-state index in [0.717, 1.165) is 25.9 Å². The van der Waals surface area contributed by atoms with Gasteiger partial charge in [0.2, 0.25) is 0 Å². The van der Waals surface area contributed by atoms with Crippen LogP contribution in [-0.4, -0.2) is 40.7 Å². The van der Waals surface area contributed by atoms with Gasteiger partial charge in [-0.1, -0.05) is 0 Å². The number of amides is 1. The maximum atomic E-state index is 12.3.